The Morgan fingerprint density at radius 3 is 2.42 bits per heavy atom. The quantitative estimate of drug-likeness (QED) is 0.880. The molecule has 19 heavy (non-hydrogen) atoms. The smallest absolute Gasteiger partial charge is 0.416 e. The van der Waals surface area contributed by atoms with Crippen molar-refractivity contribution in [2.75, 3.05) is 5.32 Å². The van der Waals surface area contributed by atoms with Crippen LogP contribution in [0, 0.1) is 0 Å². The Kier molecular flexibility index (Phi) is 3.64. The number of aromatic hydroxyl groups is 1. The Balaban J connectivity index is 2.08. The number of anilines is 1. The predicted molar refractivity (Wildman–Crippen MR) is 66.9 cm³/mol. The third-order valence-electron chi connectivity index (χ3n) is 2.60. The zero-order valence-corrected chi connectivity index (χ0v) is 9.91. The van der Waals surface area contributed by atoms with Gasteiger partial charge in [0.05, 0.1) is 5.56 Å². The fourth-order valence-electron chi connectivity index (χ4n) is 1.68. The fourth-order valence-corrected chi connectivity index (χ4v) is 1.68. The summed E-state index contributed by atoms with van der Waals surface area (Å²) in [6, 6.07) is 11.6. The van der Waals surface area contributed by atoms with Crippen LogP contribution in [0.4, 0.5) is 18.9 Å². The summed E-state index contributed by atoms with van der Waals surface area (Å²) in [5.41, 5.74) is 0.490. The summed E-state index contributed by atoms with van der Waals surface area (Å²) >= 11 is 0. The largest absolute Gasteiger partial charge is 0.508 e. The van der Waals surface area contributed by atoms with E-state index >= 15 is 0 Å². The zero-order chi connectivity index (χ0) is 13.9. The van der Waals surface area contributed by atoms with E-state index in [1.54, 1.807) is 24.3 Å². The third-order valence-corrected chi connectivity index (χ3v) is 2.60. The number of hydrogen-bond donors (Lipinski definition) is 2. The standard InChI is InChI=1S/C14H12F3NO/c15-14(16,17)11-4-2-5-12(8-11)18-9-10-3-1-6-13(19)7-10/h1-8,18-19H,9H2. The van der Waals surface area contributed by atoms with Crippen molar-refractivity contribution in [3.05, 3.63) is 59.7 Å². The van der Waals surface area contributed by atoms with E-state index in [2.05, 4.69) is 5.32 Å². The van der Waals surface area contributed by atoms with Crippen molar-refractivity contribution in [3.8, 4) is 5.75 Å². The molecule has 0 saturated heterocycles. The Hall–Kier alpha value is -2.17. The lowest BCUT2D eigenvalue weighted by Gasteiger charge is -2.10. The first-order chi connectivity index (χ1) is 8.95. The second kappa shape index (κ2) is 5.22. The molecule has 0 aliphatic carbocycles. The molecule has 0 spiro atoms. The van der Waals surface area contributed by atoms with Crippen molar-refractivity contribution < 1.29 is 18.3 Å². The van der Waals surface area contributed by atoms with Crippen molar-refractivity contribution in [2.24, 2.45) is 0 Å². The summed E-state index contributed by atoms with van der Waals surface area (Å²) in [6.07, 6.45) is -4.34. The second-order valence-electron chi connectivity index (χ2n) is 4.10. The van der Waals surface area contributed by atoms with Gasteiger partial charge in [0.1, 0.15) is 5.75 Å². The summed E-state index contributed by atoms with van der Waals surface area (Å²) < 4.78 is 37.6. The van der Waals surface area contributed by atoms with E-state index in [1.807, 2.05) is 0 Å². The molecule has 5 heteroatoms. The van der Waals surface area contributed by atoms with Crippen LogP contribution in [0.5, 0.6) is 5.75 Å². The Labute approximate surface area is 108 Å². The van der Waals surface area contributed by atoms with Gasteiger partial charge in [-0.05, 0) is 35.9 Å². The zero-order valence-electron chi connectivity index (χ0n) is 9.91. The van der Waals surface area contributed by atoms with Crippen LogP contribution in [0.15, 0.2) is 48.5 Å². The molecule has 100 valence electrons. The molecule has 2 N–H and O–H groups in total. The number of alkyl halides is 3. The highest BCUT2D eigenvalue weighted by Crippen LogP contribution is 2.30. The first-order valence-corrected chi connectivity index (χ1v) is 5.64. The van der Waals surface area contributed by atoms with Gasteiger partial charge in [-0.15, -0.1) is 0 Å². The van der Waals surface area contributed by atoms with Crippen LogP contribution in [-0.2, 0) is 12.7 Å². The van der Waals surface area contributed by atoms with Crippen molar-refractivity contribution >= 4 is 5.69 Å². The third kappa shape index (κ3) is 3.64. The molecule has 2 rings (SSSR count). The van der Waals surface area contributed by atoms with Crippen LogP contribution >= 0.6 is 0 Å². The van der Waals surface area contributed by atoms with Crippen LogP contribution in [0.3, 0.4) is 0 Å². The first kappa shape index (κ1) is 13.3. The Morgan fingerprint density at radius 1 is 1.00 bits per heavy atom. The minimum atomic E-state index is -4.34. The SMILES string of the molecule is Oc1cccc(CNc2cccc(C(F)(F)F)c2)c1. The molecule has 0 heterocycles. The maximum Gasteiger partial charge on any atom is 0.416 e. The van der Waals surface area contributed by atoms with Crippen LogP contribution in [0.2, 0.25) is 0 Å². The summed E-state index contributed by atoms with van der Waals surface area (Å²) in [4.78, 5) is 0. The highest BCUT2D eigenvalue weighted by Gasteiger charge is 2.30. The number of phenolic OH excluding ortho intramolecular Hbond substituents is 1. The molecule has 0 amide bonds. The number of halogens is 3. The van der Waals surface area contributed by atoms with Gasteiger partial charge in [0.15, 0.2) is 0 Å². The summed E-state index contributed by atoms with van der Waals surface area (Å²) in [7, 11) is 0. The average molecular weight is 267 g/mol. The molecule has 0 aromatic heterocycles. The van der Waals surface area contributed by atoms with Gasteiger partial charge in [-0.1, -0.05) is 18.2 Å². The van der Waals surface area contributed by atoms with Gasteiger partial charge in [0.2, 0.25) is 0 Å². The van der Waals surface area contributed by atoms with Crippen LogP contribution in [0.1, 0.15) is 11.1 Å². The lowest BCUT2D eigenvalue weighted by Crippen LogP contribution is -2.06. The number of hydrogen-bond acceptors (Lipinski definition) is 2. The van der Waals surface area contributed by atoms with Gasteiger partial charge >= 0.3 is 6.18 Å². The van der Waals surface area contributed by atoms with Crippen molar-refractivity contribution in [1.29, 1.82) is 0 Å². The summed E-state index contributed by atoms with van der Waals surface area (Å²) in [5.74, 6) is 0.128. The first-order valence-electron chi connectivity index (χ1n) is 5.64. The molecule has 2 aromatic carbocycles. The van der Waals surface area contributed by atoms with Crippen molar-refractivity contribution in [2.45, 2.75) is 12.7 Å². The van der Waals surface area contributed by atoms with E-state index in [-0.39, 0.29) is 5.75 Å². The maximum atomic E-state index is 12.5. The molecular formula is C14H12F3NO. The maximum absolute atomic E-state index is 12.5. The van der Waals surface area contributed by atoms with Crippen LogP contribution in [0.25, 0.3) is 0 Å². The second-order valence-corrected chi connectivity index (χ2v) is 4.10. The van der Waals surface area contributed by atoms with Gasteiger partial charge < -0.3 is 10.4 Å². The number of benzene rings is 2. The lowest BCUT2D eigenvalue weighted by atomic mass is 10.1. The van der Waals surface area contributed by atoms with Crippen molar-refractivity contribution in [1.82, 2.24) is 0 Å². The molecule has 0 bridgehead atoms. The van der Waals surface area contributed by atoms with E-state index in [4.69, 9.17) is 0 Å². The molecule has 0 aliphatic heterocycles. The van der Waals surface area contributed by atoms with Crippen LogP contribution in [-0.4, -0.2) is 5.11 Å². The Morgan fingerprint density at radius 2 is 1.74 bits per heavy atom. The van der Waals surface area contributed by atoms with E-state index in [1.165, 1.54) is 12.1 Å². The lowest BCUT2D eigenvalue weighted by molar-refractivity contribution is -0.137. The topological polar surface area (TPSA) is 32.3 Å². The molecule has 0 unspecified atom stereocenters. The Bertz CT molecular complexity index is 567. The average Bonchev–Trinajstić information content (AvgIpc) is 2.36. The van der Waals surface area contributed by atoms with Crippen LogP contribution < -0.4 is 5.32 Å². The minimum absolute atomic E-state index is 0.128. The van der Waals surface area contributed by atoms with Crippen molar-refractivity contribution in [3.63, 3.8) is 0 Å². The predicted octanol–water partition coefficient (Wildman–Crippen LogP) is 4.02. The minimum Gasteiger partial charge on any atom is -0.508 e. The highest BCUT2D eigenvalue weighted by molar-refractivity contribution is 5.47. The van der Waals surface area contributed by atoms with Gasteiger partial charge in [0, 0.05) is 12.2 Å². The number of rotatable bonds is 3. The number of phenols is 1. The summed E-state index contributed by atoms with van der Waals surface area (Å²) in [5, 5.41) is 12.2. The molecule has 0 atom stereocenters. The normalized spacial score (nSPS) is 11.3. The van der Waals surface area contributed by atoms with E-state index < -0.39 is 11.7 Å². The van der Waals surface area contributed by atoms with Gasteiger partial charge in [-0.2, -0.15) is 13.2 Å². The molecule has 0 fully saturated rings. The van der Waals surface area contributed by atoms with E-state index in [9.17, 15) is 18.3 Å². The summed E-state index contributed by atoms with van der Waals surface area (Å²) in [6.45, 7) is 0.343. The van der Waals surface area contributed by atoms with Gasteiger partial charge in [0.25, 0.3) is 0 Å². The molecule has 0 aliphatic rings. The highest BCUT2D eigenvalue weighted by atomic mass is 19.4. The molecule has 2 nitrogen and oxygen atoms in total. The van der Waals surface area contributed by atoms with E-state index in [0.29, 0.717) is 12.2 Å². The monoisotopic (exact) mass is 267 g/mol. The fraction of sp³-hybridized carbons (Fsp3) is 0.143. The molecule has 2 aromatic rings. The van der Waals surface area contributed by atoms with Gasteiger partial charge in [-0.3, -0.25) is 0 Å². The molecule has 0 radical (unpaired) electrons. The molecular weight excluding hydrogens is 255 g/mol. The van der Waals surface area contributed by atoms with E-state index in [0.717, 1.165) is 17.7 Å². The van der Waals surface area contributed by atoms with Gasteiger partial charge in [-0.25, -0.2) is 0 Å². The number of nitrogens with one attached hydrogen (secondary N) is 1. The molecule has 0 saturated carbocycles.